The van der Waals surface area contributed by atoms with E-state index in [2.05, 4.69) is 4.18 Å². The molecule has 0 bridgehead atoms. The van der Waals surface area contributed by atoms with Crippen molar-refractivity contribution in [2.75, 3.05) is 0 Å². The van der Waals surface area contributed by atoms with E-state index >= 15 is 0 Å². The lowest BCUT2D eigenvalue weighted by molar-refractivity contribution is 0.0656. The Morgan fingerprint density at radius 2 is 1.86 bits per heavy atom. The highest BCUT2D eigenvalue weighted by atomic mass is 32.3. The highest BCUT2D eigenvalue weighted by Gasteiger charge is 2.28. The summed E-state index contributed by atoms with van der Waals surface area (Å²) in [6, 6.07) is 13.6. The third-order valence-corrected chi connectivity index (χ3v) is 3.83. The van der Waals surface area contributed by atoms with E-state index in [-0.39, 0.29) is 11.9 Å². The molecule has 1 heterocycles. The maximum Gasteiger partial charge on any atom is 0.446 e. The van der Waals surface area contributed by atoms with Crippen molar-refractivity contribution >= 4 is 10.4 Å². The Hall–Kier alpha value is -2.09. The number of aliphatic hydroxyl groups is 1. The lowest BCUT2D eigenvalue weighted by Gasteiger charge is -2.30. The molecule has 2 atom stereocenters. The number of aliphatic hydroxyl groups excluding tert-OH is 1. The Morgan fingerprint density at radius 3 is 2.55 bits per heavy atom. The van der Waals surface area contributed by atoms with Crippen LogP contribution in [0.15, 0.2) is 48.5 Å². The second-order valence-corrected chi connectivity index (χ2v) is 6.00. The minimum atomic E-state index is -4.60. The molecule has 0 aliphatic carbocycles. The Balaban J connectivity index is 1.92. The van der Waals surface area contributed by atoms with Crippen LogP contribution in [0.1, 0.15) is 29.8 Å². The van der Waals surface area contributed by atoms with Crippen molar-refractivity contribution in [2.24, 2.45) is 0 Å². The van der Waals surface area contributed by atoms with Crippen LogP contribution in [0.25, 0.3) is 0 Å². The zero-order valence-corrected chi connectivity index (χ0v) is 12.2. The first-order valence-electron chi connectivity index (χ1n) is 6.63. The molecule has 0 radical (unpaired) electrons. The van der Waals surface area contributed by atoms with E-state index in [1.165, 1.54) is 18.2 Å². The van der Waals surface area contributed by atoms with Gasteiger partial charge in [0, 0.05) is 18.1 Å². The molecule has 1 aliphatic heterocycles. The smallest absolute Gasteiger partial charge is 0.446 e. The van der Waals surface area contributed by atoms with Gasteiger partial charge in [0.1, 0.15) is 17.6 Å². The van der Waals surface area contributed by atoms with E-state index in [1.807, 2.05) is 30.3 Å². The summed E-state index contributed by atoms with van der Waals surface area (Å²) in [4.78, 5) is 0. The van der Waals surface area contributed by atoms with Crippen LogP contribution in [0.2, 0.25) is 0 Å². The maximum atomic E-state index is 10.8. The van der Waals surface area contributed by atoms with Gasteiger partial charge < -0.3 is 14.0 Å². The molecule has 1 aliphatic rings. The van der Waals surface area contributed by atoms with Crippen LogP contribution in [-0.4, -0.2) is 18.1 Å². The summed E-state index contributed by atoms with van der Waals surface area (Å²) < 4.78 is 40.5. The Kier molecular flexibility index (Phi) is 3.78. The summed E-state index contributed by atoms with van der Waals surface area (Å²) in [7, 11) is -4.60. The van der Waals surface area contributed by atoms with Crippen LogP contribution in [0.3, 0.4) is 0 Å². The van der Waals surface area contributed by atoms with Crippen molar-refractivity contribution in [3.8, 4) is 11.5 Å². The molecule has 2 N–H and O–H groups in total. The van der Waals surface area contributed by atoms with Crippen molar-refractivity contribution in [3.63, 3.8) is 0 Å². The van der Waals surface area contributed by atoms with E-state index in [9.17, 15) is 13.5 Å². The molecule has 0 spiro atoms. The third kappa shape index (κ3) is 3.22. The summed E-state index contributed by atoms with van der Waals surface area (Å²) in [6.07, 6.45) is -0.673. The summed E-state index contributed by atoms with van der Waals surface area (Å²) in [6.45, 7) is 0. The van der Waals surface area contributed by atoms with E-state index in [0.717, 1.165) is 5.56 Å². The molecule has 0 aromatic heterocycles. The number of benzene rings is 2. The fourth-order valence-electron chi connectivity index (χ4n) is 2.47. The summed E-state index contributed by atoms with van der Waals surface area (Å²) >= 11 is 0. The molecule has 0 saturated carbocycles. The van der Waals surface area contributed by atoms with Gasteiger partial charge in [-0.05, 0) is 17.7 Å². The van der Waals surface area contributed by atoms with Gasteiger partial charge in [0.25, 0.3) is 0 Å². The van der Waals surface area contributed by atoms with Crippen molar-refractivity contribution in [2.45, 2.75) is 18.6 Å². The highest BCUT2D eigenvalue weighted by molar-refractivity contribution is 7.81. The zero-order valence-electron chi connectivity index (χ0n) is 11.4. The van der Waals surface area contributed by atoms with Gasteiger partial charge in [0.15, 0.2) is 0 Å². The van der Waals surface area contributed by atoms with E-state index in [0.29, 0.717) is 17.7 Å². The molecule has 0 amide bonds. The molecule has 0 fully saturated rings. The fraction of sp³-hybridized carbons (Fsp3) is 0.200. The van der Waals surface area contributed by atoms with Crippen LogP contribution in [-0.2, 0) is 10.4 Å². The SMILES string of the molecule is O=S(=O)(O)Oc1ccc2c(c1)O[C@H](c1ccccc1)C[C@@H]2O. The van der Waals surface area contributed by atoms with Crippen LogP contribution >= 0.6 is 0 Å². The number of hydrogen-bond donors (Lipinski definition) is 2. The van der Waals surface area contributed by atoms with Gasteiger partial charge in [-0.25, -0.2) is 0 Å². The maximum absolute atomic E-state index is 10.8. The van der Waals surface area contributed by atoms with Gasteiger partial charge in [-0.15, -0.1) is 0 Å². The second-order valence-electron chi connectivity index (χ2n) is 4.98. The molecule has 22 heavy (non-hydrogen) atoms. The molecule has 0 unspecified atom stereocenters. The summed E-state index contributed by atoms with van der Waals surface area (Å²) in [5.41, 5.74) is 1.46. The van der Waals surface area contributed by atoms with E-state index in [1.54, 1.807) is 0 Å². The van der Waals surface area contributed by atoms with Gasteiger partial charge in [-0.3, -0.25) is 4.55 Å². The fourth-order valence-corrected chi connectivity index (χ4v) is 2.82. The molecule has 7 heteroatoms. The Morgan fingerprint density at radius 1 is 1.14 bits per heavy atom. The average Bonchev–Trinajstić information content (AvgIpc) is 2.46. The third-order valence-electron chi connectivity index (χ3n) is 3.42. The molecule has 0 saturated heterocycles. The molecule has 3 rings (SSSR count). The molecular formula is C15H14O6S. The summed E-state index contributed by atoms with van der Waals surface area (Å²) in [5, 5.41) is 10.2. The van der Waals surface area contributed by atoms with Gasteiger partial charge in [-0.1, -0.05) is 30.3 Å². The Labute approximate surface area is 127 Å². The standard InChI is InChI=1S/C15H14O6S/c16-13-9-14(10-4-2-1-3-5-10)20-15-8-11(6-7-12(13)15)21-22(17,18)19/h1-8,13-14,16H,9H2,(H,17,18,19)/t13-,14-/m0/s1. The first kappa shape index (κ1) is 14.8. The molecule has 2 aromatic carbocycles. The van der Waals surface area contributed by atoms with Gasteiger partial charge in [0.2, 0.25) is 0 Å². The van der Waals surface area contributed by atoms with E-state index in [4.69, 9.17) is 9.29 Å². The number of fused-ring (bicyclic) bond motifs is 1. The van der Waals surface area contributed by atoms with Crippen LogP contribution in [0, 0.1) is 0 Å². The van der Waals surface area contributed by atoms with Crippen molar-refractivity contribution in [1.82, 2.24) is 0 Å². The molecule has 116 valence electrons. The molecule has 6 nitrogen and oxygen atoms in total. The van der Waals surface area contributed by atoms with Crippen LogP contribution in [0.5, 0.6) is 11.5 Å². The quantitative estimate of drug-likeness (QED) is 0.843. The predicted molar refractivity (Wildman–Crippen MR) is 78.0 cm³/mol. The monoisotopic (exact) mass is 322 g/mol. The largest absolute Gasteiger partial charge is 0.485 e. The van der Waals surface area contributed by atoms with Crippen molar-refractivity contribution in [1.29, 1.82) is 0 Å². The van der Waals surface area contributed by atoms with E-state index < -0.39 is 16.5 Å². The summed E-state index contributed by atoms with van der Waals surface area (Å²) in [5.74, 6) is 0.246. The predicted octanol–water partition coefficient (Wildman–Crippen LogP) is 2.43. The van der Waals surface area contributed by atoms with Gasteiger partial charge in [0.05, 0.1) is 6.10 Å². The molecule has 2 aromatic rings. The van der Waals surface area contributed by atoms with Crippen LogP contribution in [0.4, 0.5) is 0 Å². The molecular weight excluding hydrogens is 308 g/mol. The van der Waals surface area contributed by atoms with Gasteiger partial charge >= 0.3 is 10.4 Å². The van der Waals surface area contributed by atoms with Crippen LogP contribution < -0.4 is 8.92 Å². The number of ether oxygens (including phenoxy) is 1. The number of hydrogen-bond acceptors (Lipinski definition) is 5. The number of rotatable bonds is 3. The topological polar surface area (TPSA) is 93.1 Å². The lowest BCUT2D eigenvalue weighted by atomic mass is 9.95. The minimum absolute atomic E-state index is 0.0813. The van der Waals surface area contributed by atoms with Gasteiger partial charge in [-0.2, -0.15) is 8.42 Å². The van der Waals surface area contributed by atoms with Crippen molar-refractivity contribution < 1.29 is 27.0 Å². The first-order valence-corrected chi connectivity index (χ1v) is 7.99. The van der Waals surface area contributed by atoms with Crippen molar-refractivity contribution in [3.05, 3.63) is 59.7 Å². The zero-order chi connectivity index (χ0) is 15.7. The first-order chi connectivity index (χ1) is 10.4. The normalized spacial score (nSPS) is 20.8. The average molecular weight is 322 g/mol. The lowest BCUT2D eigenvalue weighted by Crippen LogP contribution is -2.19. The minimum Gasteiger partial charge on any atom is -0.485 e. The highest BCUT2D eigenvalue weighted by Crippen LogP contribution is 2.42. The Bertz CT molecular complexity index is 772. The second kappa shape index (κ2) is 5.60.